The number of benzene rings is 2. The lowest BCUT2D eigenvalue weighted by Crippen LogP contribution is -1.96. The number of rotatable bonds is 2. The summed E-state index contributed by atoms with van der Waals surface area (Å²) in [5.41, 5.74) is 1.75. The summed E-state index contributed by atoms with van der Waals surface area (Å²) < 4.78 is 9.32. The first-order valence-electron chi connectivity index (χ1n) is 6.65. The van der Waals surface area contributed by atoms with Crippen molar-refractivity contribution in [2.45, 2.75) is 0 Å². The van der Waals surface area contributed by atoms with Crippen molar-refractivity contribution in [3.05, 3.63) is 63.8 Å². The fourth-order valence-electron chi connectivity index (χ4n) is 2.40. The average Bonchev–Trinajstić information content (AvgIpc) is 3.10. The van der Waals surface area contributed by atoms with Gasteiger partial charge < -0.3 is 4.42 Å². The molecule has 0 radical (unpaired) electrons. The summed E-state index contributed by atoms with van der Waals surface area (Å²) in [5.74, 6) is 1.33. The van der Waals surface area contributed by atoms with Crippen molar-refractivity contribution in [3.8, 4) is 17.3 Å². The van der Waals surface area contributed by atoms with Gasteiger partial charge in [-0.15, -0.1) is 0 Å². The first kappa shape index (κ1) is 13.5. The van der Waals surface area contributed by atoms with Gasteiger partial charge in [-0.25, -0.2) is 0 Å². The van der Waals surface area contributed by atoms with Crippen LogP contribution < -0.4 is 0 Å². The second-order valence-electron chi connectivity index (χ2n) is 4.82. The number of nitrogens with one attached hydrogen (secondary N) is 1. The van der Waals surface area contributed by atoms with Crippen LogP contribution >= 0.6 is 28.1 Å². The highest BCUT2D eigenvalue weighted by atomic mass is 79.9. The number of furan rings is 1. The molecule has 1 N–H and O–H groups in total. The summed E-state index contributed by atoms with van der Waals surface area (Å²) in [5, 5.41) is 8.17. The predicted octanol–water partition coefficient (Wildman–Crippen LogP) is 5.11. The fourth-order valence-corrected chi connectivity index (χ4v) is 3.02. The van der Waals surface area contributed by atoms with Crippen molar-refractivity contribution in [2.24, 2.45) is 0 Å². The molecular weight excluding hydrogens is 362 g/mol. The van der Waals surface area contributed by atoms with Gasteiger partial charge in [-0.2, -0.15) is 5.10 Å². The van der Waals surface area contributed by atoms with Crippen molar-refractivity contribution in [2.75, 3.05) is 0 Å². The molecular formula is C16H10BrN3OS. The molecule has 0 amide bonds. The number of fused-ring (bicyclic) bond motifs is 1. The molecule has 0 aliphatic carbocycles. The number of nitrogens with zero attached hydrogens (tertiary/aromatic N) is 2. The zero-order valence-electron chi connectivity index (χ0n) is 11.3. The van der Waals surface area contributed by atoms with E-state index in [0.717, 1.165) is 21.1 Å². The van der Waals surface area contributed by atoms with Crippen LogP contribution in [0.1, 0.15) is 0 Å². The summed E-state index contributed by atoms with van der Waals surface area (Å²) >= 11 is 8.82. The predicted molar refractivity (Wildman–Crippen MR) is 91.7 cm³/mol. The third-order valence-corrected chi connectivity index (χ3v) is 4.15. The van der Waals surface area contributed by atoms with E-state index >= 15 is 0 Å². The van der Waals surface area contributed by atoms with Crippen molar-refractivity contribution in [3.63, 3.8) is 0 Å². The molecule has 4 rings (SSSR count). The highest BCUT2D eigenvalue weighted by molar-refractivity contribution is 9.10. The van der Waals surface area contributed by atoms with Crippen LogP contribution in [0.3, 0.4) is 0 Å². The lowest BCUT2D eigenvalue weighted by atomic mass is 10.2. The van der Waals surface area contributed by atoms with Crippen LogP contribution in [0.2, 0.25) is 0 Å². The first-order valence-corrected chi connectivity index (χ1v) is 7.85. The fraction of sp³-hybridized carbons (Fsp3) is 0. The molecule has 0 atom stereocenters. The third kappa shape index (κ3) is 2.20. The Morgan fingerprint density at radius 3 is 2.73 bits per heavy atom. The van der Waals surface area contributed by atoms with Gasteiger partial charge in [0.1, 0.15) is 5.58 Å². The zero-order valence-corrected chi connectivity index (χ0v) is 13.7. The van der Waals surface area contributed by atoms with Crippen LogP contribution in [0, 0.1) is 4.77 Å². The highest BCUT2D eigenvalue weighted by Gasteiger charge is 2.15. The SMILES string of the molecule is S=c1[nH]nc(-c2cc3cc(Br)ccc3o2)n1-c1ccccc1. The Morgan fingerprint density at radius 2 is 1.91 bits per heavy atom. The summed E-state index contributed by atoms with van der Waals surface area (Å²) in [7, 11) is 0. The summed E-state index contributed by atoms with van der Waals surface area (Å²) in [4.78, 5) is 0. The molecule has 2 heterocycles. The van der Waals surface area contributed by atoms with Gasteiger partial charge in [0.15, 0.2) is 10.5 Å². The molecule has 2 aromatic carbocycles. The second kappa shape index (κ2) is 5.23. The van der Waals surface area contributed by atoms with Crippen molar-refractivity contribution >= 4 is 39.1 Å². The van der Waals surface area contributed by atoms with Gasteiger partial charge in [0, 0.05) is 9.86 Å². The van der Waals surface area contributed by atoms with Gasteiger partial charge in [-0.3, -0.25) is 9.67 Å². The summed E-state index contributed by atoms with van der Waals surface area (Å²) in [6.07, 6.45) is 0. The van der Waals surface area contributed by atoms with Gasteiger partial charge in [0.25, 0.3) is 0 Å². The maximum atomic E-state index is 5.91. The van der Waals surface area contributed by atoms with Gasteiger partial charge >= 0.3 is 0 Å². The largest absolute Gasteiger partial charge is 0.453 e. The van der Waals surface area contributed by atoms with E-state index in [-0.39, 0.29) is 0 Å². The molecule has 22 heavy (non-hydrogen) atoms. The Hall–Kier alpha value is -2.18. The number of aromatic nitrogens is 3. The molecule has 0 unspecified atom stereocenters. The van der Waals surface area contributed by atoms with Crippen LogP contribution in [-0.2, 0) is 0 Å². The van der Waals surface area contributed by atoms with E-state index in [1.165, 1.54) is 0 Å². The molecule has 4 aromatic rings. The lowest BCUT2D eigenvalue weighted by Gasteiger charge is -2.04. The molecule has 108 valence electrons. The van der Waals surface area contributed by atoms with Gasteiger partial charge in [-0.1, -0.05) is 34.1 Å². The Bertz CT molecular complexity index is 1020. The van der Waals surface area contributed by atoms with E-state index in [1.54, 1.807) is 0 Å². The summed E-state index contributed by atoms with van der Waals surface area (Å²) in [6.45, 7) is 0. The maximum absolute atomic E-state index is 5.91. The van der Waals surface area contributed by atoms with Gasteiger partial charge in [0.05, 0.1) is 5.69 Å². The Morgan fingerprint density at radius 1 is 1.09 bits per heavy atom. The topological polar surface area (TPSA) is 46.8 Å². The first-order chi connectivity index (χ1) is 10.7. The van der Waals surface area contributed by atoms with Gasteiger partial charge in [0.2, 0.25) is 5.82 Å². The van der Waals surface area contributed by atoms with Crippen LogP contribution in [0.4, 0.5) is 0 Å². The maximum Gasteiger partial charge on any atom is 0.202 e. The second-order valence-corrected chi connectivity index (χ2v) is 6.12. The quantitative estimate of drug-likeness (QED) is 0.498. The van der Waals surface area contributed by atoms with E-state index in [2.05, 4.69) is 26.1 Å². The van der Waals surface area contributed by atoms with Crippen molar-refractivity contribution < 1.29 is 4.42 Å². The normalized spacial score (nSPS) is 11.1. The monoisotopic (exact) mass is 371 g/mol. The zero-order chi connectivity index (χ0) is 15.1. The minimum atomic E-state index is 0.530. The van der Waals surface area contributed by atoms with E-state index in [1.807, 2.05) is 59.2 Å². The molecule has 6 heteroatoms. The number of halogens is 1. The Balaban J connectivity index is 1.94. The van der Waals surface area contributed by atoms with Crippen LogP contribution in [0.25, 0.3) is 28.2 Å². The Labute approximate surface area is 139 Å². The van der Waals surface area contributed by atoms with Crippen LogP contribution in [-0.4, -0.2) is 14.8 Å². The standard InChI is InChI=1S/C16H10BrN3OS/c17-11-6-7-13-10(8-11)9-14(21-13)15-18-19-16(22)20(15)12-4-2-1-3-5-12/h1-9H,(H,19,22). The number of hydrogen-bond donors (Lipinski definition) is 1. The van der Waals surface area contributed by atoms with Crippen LogP contribution in [0.15, 0.2) is 63.5 Å². The number of H-pyrrole nitrogens is 1. The molecule has 0 saturated heterocycles. The van der Waals surface area contributed by atoms with Crippen molar-refractivity contribution in [1.29, 1.82) is 0 Å². The molecule has 0 spiro atoms. The average molecular weight is 372 g/mol. The highest BCUT2D eigenvalue weighted by Crippen LogP contribution is 2.29. The van der Waals surface area contributed by atoms with Gasteiger partial charge in [-0.05, 0) is 48.6 Å². The number of para-hydroxylation sites is 1. The minimum absolute atomic E-state index is 0.530. The van der Waals surface area contributed by atoms with Crippen molar-refractivity contribution in [1.82, 2.24) is 14.8 Å². The molecule has 4 nitrogen and oxygen atoms in total. The molecule has 0 saturated carbocycles. The Kier molecular flexibility index (Phi) is 3.20. The van der Waals surface area contributed by atoms with E-state index in [9.17, 15) is 0 Å². The van der Waals surface area contributed by atoms with E-state index in [0.29, 0.717) is 16.4 Å². The molecule has 2 aromatic heterocycles. The number of aromatic amines is 1. The molecule has 0 aliphatic heterocycles. The van der Waals surface area contributed by atoms with E-state index < -0.39 is 0 Å². The molecule has 0 aliphatic rings. The van der Waals surface area contributed by atoms with Crippen LogP contribution in [0.5, 0.6) is 0 Å². The minimum Gasteiger partial charge on any atom is -0.453 e. The van der Waals surface area contributed by atoms with E-state index in [4.69, 9.17) is 16.6 Å². The third-order valence-electron chi connectivity index (χ3n) is 3.39. The summed E-state index contributed by atoms with van der Waals surface area (Å²) in [6, 6.07) is 17.7. The molecule has 0 fully saturated rings. The lowest BCUT2D eigenvalue weighted by molar-refractivity contribution is 0.623. The molecule has 0 bridgehead atoms. The number of hydrogen-bond acceptors (Lipinski definition) is 3. The smallest absolute Gasteiger partial charge is 0.202 e.